The molecule has 0 heterocycles. The quantitative estimate of drug-likeness (QED) is 0.333. The van der Waals surface area contributed by atoms with E-state index in [-0.39, 0.29) is 96.9 Å². The van der Waals surface area contributed by atoms with Crippen LogP contribution in [0.3, 0.4) is 0 Å². The van der Waals surface area contributed by atoms with Gasteiger partial charge in [0.15, 0.2) is 0 Å². The molecule has 0 nitrogen and oxygen atoms in total. The summed E-state index contributed by atoms with van der Waals surface area (Å²) in [7, 11) is 0. The zero-order valence-corrected chi connectivity index (χ0v) is 11.2. The molecule has 0 unspecified atom stereocenters. The van der Waals surface area contributed by atoms with Crippen LogP contribution in [-0.2, 0) is 0 Å². The fourth-order valence-corrected chi connectivity index (χ4v) is 0. The zero-order valence-electron chi connectivity index (χ0n) is 5.76. The Hall–Kier alpha value is 2.82. The Morgan fingerprint density at radius 1 is 1.11 bits per heavy atom. The van der Waals surface area contributed by atoms with Crippen LogP contribution in [0.4, 0.5) is 0 Å². The van der Waals surface area contributed by atoms with Gasteiger partial charge in [0.2, 0.25) is 0 Å². The predicted molar refractivity (Wildman–Crippen MR) is 20.3 cm³/mol. The molecular weight excluding hydrogens is 306 g/mol. The molecule has 0 fully saturated rings. The smallest absolute Gasteiger partial charge is 1.00 e. The van der Waals surface area contributed by atoms with Gasteiger partial charge in [-0.25, -0.2) is 0 Å². The van der Waals surface area contributed by atoms with Gasteiger partial charge in [-0.3, -0.25) is 0 Å². The molecule has 0 atom stereocenters. The Balaban J connectivity index is -0.00000000450. The third-order valence-electron chi connectivity index (χ3n) is 0.354. The van der Waals surface area contributed by atoms with Gasteiger partial charge in [-0.05, 0) is 0 Å². The zero-order chi connectivity index (χ0) is 3.41. The first-order valence-corrected chi connectivity index (χ1v) is 1.71. The van der Waals surface area contributed by atoms with Crippen LogP contribution in [0.5, 0.6) is 0 Å². The van der Waals surface area contributed by atoms with Gasteiger partial charge in [-0.15, -0.1) is 0 Å². The minimum absolute atomic E-state index is 0. The van der Waals surface area contributed by atoms with E-state index in [1.165, 1.54) is 6.42 Å². The third-order valence-corrected chi connectivity index (χ3v) is 0.354. The molecule has 0 aliphatic rings. The second-order valence-electron chi connectivity index (χ2n) is 0.854. The van der Waals surface area contributed by atoms with E-state index in [0.717, 1.165) is 6.42 Å². The van der Waals surface area contributed by atoms with Crippen LogP contribution in [0.2, 0.25) is 0 Å². The SMILES string of the molecule is [CH2-]CCC.[Cl-].[Cl-].[Cl-].[Li+].[Nd+3]. The molecule has 9 heavy (non-hydrogen) atoms. The van der Waals surface area contributed by atoms with Gasteiger partial charge < -0.3 is 44.1 Å². The van der Waals surface area contributed by atoms with Crippen molar-refractivity contribution < 1.29 is 96.9 Å². The van der Waals surface area contributed by atoms with E-state index in [1.54, 1.807) is 0 Å². The van der Waals surface area contributed by atoms with Gasteiger partial charge in [-0.1, -0.05) is 13.3 Å². The van der Waals surface area contributed by atoms with E-state index in [9.17, 15) is 0 Å². The van der Waals surface area contributed by atoms with Crippen molar-refractivity contribution in [3.63, 3.8) is 0 Å². The monoisotopic (exact) mass is 311 g/mol. The molecule has 0 amide bonds. The van der Waals surface area contributed by atoms with Gasteiger partial charge in [0.25, 0.3) is 0 Å². The van der Waals surface area contributed by atoms with Crippen LogP contribution in [0.25, 0.3) is 0 Å². The third kappa shape index (κ3) is 57.7. The molecule has 0 aromatic rings. The summed E-state index contributed by atoms with van der Waals surface area (Å²) < 4.78 is 0. The van der Waals surface area contributed by atoms with Gasteiger partial charge in [0, 0.05) is 0 Å². The minimum atomic E-state index is 0. The number of unbranched alkanes of at least 4 members (excludes halogenated alkanes) is 1. The normalized spacial score (nSPS) is 3.33. The van der Waals surface area contributed by atoms with Crippen LogP contribution in [0, 0.1) is 47.8 Å². The van der Waals surface area contributed by atoms with Gasteiger partial charge >= 0.3 is 59.7 Å². The largest absolute Gasteiger partial charge is 3.00 e. The molecule has 51 valence electrons. The molecule has 5 heteroatoms. The molecule has 0 aliphatic heterocycles. The molecule has 0 aromatic heterocycles. The summed E-state index contributed by atoms with van der Waals surface area (Å²) in [5.41, 5.74) is 0. The summed E-state index contributed by atoms with van der Waals surface area (Å²) in [6, 6.07) is 0. The summed E-state index contributed by atoms with van der Waals surface area (Å²) in [5, 5.41) is 0. The maximum absolute atomic E-state index is 3.60. The van der Waals surface area contributed by atoms with Crippen molar-refractivity contribution in [2.75, 3.05) is 0 Å². The van der Waals surface area contributed by atoms with Crippen molar-refractivity contribution >= 4 is 0 Å². The van der Waals surface area contributed by atoms with E-state index in [4.69, 9.17) is 0 Å². The fourth-order valence-electron chi connectivity index (χ4n) is 0. The van der Waals surface area contributed by atoms with Crippen molar-refractivity contribution in [3.8, 4) is 0 Å². The number of rotatable bonds is 1. The predicted octanol–water partition coefficient (Wildman–Crippen LogP) is -10.4. The summed E-state index contributed by atoms with van der Waals surface area (Å²) in [4.78, 5) is 0. The Kier molecular flexibility index (Phi) is 204. The average molecular weight is 315 g/mol. The number of hydrogen-bond donors (Lipinski definition) is 0. The first-order valence-electron chi connectivity index (χ1n) is 1.71. The Morgan fingerprint density at radius 3 is 1.22 bits per heavy atom. The molecule has 0 bridgehead atoms. The van der Waals surface area contributed by atoms with Crippen molar-refractivity contribution in [2.24, 2.45) is 0 Å². The van der Waals surface area contributed by atoms with E-state index in [0.29, 0.717) is 0 Å². The minimum Gasteiger partial charge on any atom is -1.00 e. The van der Waals surface area contributed by atoms with E-state index in [2.05, 4.69) is 13.8 Å². The van der Waals surface area contributed by atoms with Crippen molar-refractivity contribution in [1.29, 1.82) is 0 Å². The molecule has 1 radical (unpaired) electrons. The number of halogens is 3. The number of hydrogen-bond acceptors (Lipinski definition) is 0. The molecule has 0 saturated heterocycles. The molecule has 0 aliphatic carbocycles. The summed E-state index contributed by atoms with van der Waals surface area (Å²) in [6.07, 6.45) is 2.28. The van der Waals surface area contributed by atoms with E-state index >= 15 is 0 Å². The molecule has 0 aromatic carbocycles. The summed E-state index contributed by atoms with van der Waals surface area (Å²) in [6.45, 7) is 5.72. The molecule has 0 spiro atoms. The molecular formula is C4H9Cl3LiNd. The maximum Gasteiger partial charge on any atom is 3.00 e. The summed E-state index contributed by atoms with van der Waals surface area (Å²) in [5.74, 6) is 0. The van der Waals surface area contributed by atoms with Gasteiger partial charge in [0.05, 0.1) is 0 Å². The van der Waals surface area contributed by atoms with Crippen LogP contribution in [0.15, 0.2) is 0 Å². The molecule has 0 N–H and O–H groups in total. The molecule has 0 saturated carbocycles. The van der Waals surface area contributed by atoms with Crippen molar-refractivity contribution in [1.82, 2.24) is 0 Å². The second kappa shape index (κ2) is 44.9. The maximum atomic E-state index is 3.60. The topological polar surface area (TPSA) is 0 Å². The Bertz CT molecular complexity index is 17.8. The second-order valence-corrected chi connectivity index (χ2v) is 0.854. The Labute approximate surface area is 122 Å². The van der Waals surface area contributed by atoms with Gasteiger partial charge in [-0.2, -0.15) is 6.42 Å². The average Bonchev–Trinajstić information content (AvgIpc) is 1.37. The van der Waals surface area contributed by atoms with Crippen molar-refractivity contribution in [2.45, 2.75) is 19.8 Å². The first kappa shape index (κ1) is 40.9. The first-order chi connectivity index (χ1) is 1.91. The van der Waals surface area contributed by atoms with E-state index < -0.39 is 0 Å². The van der Waals surface area contributed by atoms with Crippen molar-refractivity contribution in [3.05, 3.63) is 6.92 Å². The Morgan fingerprint density at radius 2 is 1.22 bits per heavy atom. The molecule has 0 rings (SSSR count). The fraction of sp³-hybridized carbons (Fsp3) is 0.750. The van der Waals surface area contributed by atoms with Crippen LogP contribution in [0.1, 0.15) is 19.8 Å². The van der Waals surface area contributed by atoms with Crippen LogP contribution in [-0.4, -0.2) is 0 Å². The van der Waals surface area contributed by atoms with Gasteiger partial charge in [0.1, 0.15) is 0 Å². The summed E-state index contributed by atoms with van der Waals surface area (Å²) >= 11 is 0. The van der Waals surface area contributed by atoms with Crippen LogP contribution < -0.4 is 56.1 Å². The van der Waals surface area contributed by atoms with Crippen LogP contribution >= 0.6 is 0 Å². The van der Waals surface area contributed by atoms with E-state index in [1.807, 2.05) is 0 Å². The standard InChI is InChI=1S/C4H9.3ClH.Li.Nd/c1-3-4-2;;;;;/h1,3-4H2,2H3;3*1H;;/q-1;;;;+1;+3/p-3.